The van der Waals surface area contributed by atoms with Crippen LogP contribution < -0.4 is 0 Å². The number of halogens is 1. The summed E-state index contributed by atoms with van der Waals surface area (Å²) in [5, 5.41) is 6.16. The van der Waals surface area contributed by atoms with Gasteiger partial charge in [-0.15, -0.1) is 0 Å². The Morgan fingerprint density at radius 3 is 2.67 bits per heavy atom. The highest BCUT2D eigenvalue weighted by Crippen LogP contribution is 2.33. The molecule has 0 spiro atoms. The lowest BCUT2D eigenvalue weighted by Crippen LogP contribution is -2.49. The van der Waals surface area contributed by atoms with E-state index in [9.17, 15) is 14.0 Å². The van der Waals surface area contributed by atoms with Crippen molar-refractivity contribution in [3.05, 3.63) is 71.0 Å². The van der Waals surface area contributed by atoms with Crippen LogP contribution in [-0.4, -0.2) is 53.2 Å². The van der Waals surface area contributed by atoms with Gasteiger partial charge in [0.25, 0.3) is 5.91 Å². The Hall–Kier alpha value is -3.06. The van der Waals surface area contributed by atoms with Gasteiger partial charge >= 0.3 is 5.97 Å². The molecule has 2 aliphatic heterocycles. The lowest BCUT2D eigenvalue weighted by Gasteiger charge is -2.34. The fourth-order valence-corrected chi connectivity index (χ4v) is 4.57. The Balaban J connectivity index is 1.59. The number of hydrogen-bond acceptors (Lipinski definition) is 5. The van der Waals surface area contributed by atoms with Gasteiger partial charge in [-0.25, -0.2) is 9.40 Å². The summed E-state index contributed by atoms with van der Waals surface area (Å²) in [6, 6.07) is 13.5. The zero-order valence-corrected chi connectivity index (χ0v) is 19.2. The number of aryl methyl sites for hydroxylation is 1. The summed E-state index contributed by atoms with van der Waals surface area (Å²) >= 11 is 0. The van der Waals surface area contributed by atoms with Crippen LogP contribution in [0.2, 0.25) is 0 Å². The Morgan fingerprint density at radius 2 is 1.94 bits per heavy atom. The van der Waals surface area contributed by atoms with E-state index in [2.05, 4.69) is 5.10 Å². The average molecular weight is 452 g/mol. The summed E-state index contributed by atoms with van der Waals surface area (Å²) in [7, 11) is 0. The minimum Gasteiger partial charge on any atom is -0.465 e. The quantitative estimate of drug-likeness (QED) is 0.617. The minimum atomic E-state index is -0.418. The summed E-state index contributed by atoms with van der Waals surface area (Å²) < 4.78 is 19.2. The second-order valence-electron chi connectivity index (χ2n) is 8.66. The molecule has 4 rings (SSSR count). The van der Waals surface area contributed by atoms with E-state index in [4.69, 9.17) is 4.74 Å². The molecule has 2 aromatic rings. The van der Waals surface area contributed by atoms with Crippen LogP contribution in [0.25, 0.3) is 0 Å². The Morgan fingerprint density at radius 1 is 1.15 bits per heavy atom. The number of hydrazone groups is 1. The smallest absolute Gasteiger partial charge is 0.323 e. The maximum absolute atomic E-state index is 14.0. The van der Waals surface area contributed by atoms with Crippen molar-refractivity contribution in [2.24, 2.45) is 5.10 Å². The molecule has 1 fully saturated rings. The predicted octanol–water partition coefficient (Wildman–Crippen LogP) is 4.23. The van der Waals surface area contributed by atoms with Crippen molar-refractivity contribution in [3.63, 3.8) is 0 Å². The summed E-state index contributed by atoms with van der Waals surface area (Å²) in [6.07, 6.45) is 3.03. The number of hydrogen-bond donors (Lipinski definition) is 0. The van der Waals surface area contributed by atoms with Crippen molar-refractivity contribution in [3.8, 4) is 0 Å². The van der Waals surface area contributed by atoms with Crippen LogP contribution >= 0.6 is 0 Å². The van der Waals surface area contributed by atoms with Crippen molar-refractivity contribution in [2.75, 3.05) is 19.7 Å². The van der Waals surface area contributed by atoms with Gasteiger partial charge in [0.05, 0.1) is 24.9 Å². The largest absolute Gasteiger partial charge is 0.465 e. The highest BCUT2D eigenvalue weighted by Gasteiger charge is 2.37. The summed E-state index contributed by atoms with van der Waals surface area (Å²) in [6.45, 7) is 4.84. The van der Waals surface area contributed by atoms with Crippen LogP contribution in [0.4, 0.5) is 4.39 Å². The lowest BCUT2D eigenvalue weighted by molar-refractivity contribution is -0.152. The van der Waals surface area contributed by atoms with Crippen molar-refractivity contribution in [1.82, 2.24) is 9.91 Å². The normalized spacial score (nSPS) is 21.1. The third kappa shape index (κ3) is 5.30. The van der Waals surface area contributed by atoms with E-state index in [1.807, 2.05) is 42.2 Å². The molecule has 7 heteroatoms. The standard InChI is InChI=1S/C26H30FN3O3/c1-3-33-26(32)23-9-4-5-14-29(23)17-25(31)30-24(20-7-6-8-21(27)15-20)16-22(28-30)19-12-10-18(2)11-13-19/h6-8,10-13,15,23-24H,3-5,9,14,16-17H2,1-2H3/t23-,24-/m0/s1. The van der Waals surface area contributed by atoms with Crippen LogP contribution in [0, 0.1) is 12.7 Å². The molecule has 1 saturated heterocycles. The number of benzene rings is 2. The van der Waals surface area contributed by atoms with E-state index in [0.717, 1.165) is 29.7 Å². The number of likely N-dealkylation sites (tertiary alicyclic amines) is 1. The van der Waals surface area contributed by atoms with Gasteiger partial charge in [-0.3, -0.25) is 14.5 Å². The first-order valence-electron chi connectivity index (χ1n) is 11.6. The molecule has 2 aliphatic rings. The first-order chi connectivity index (χ1) is 16.0. The number of rotatable bonds is 6. The highest BCUT2D eigenvalue weighted by atomic mass is 19.1. The van der Waals surface area contributed by atoms with Crippen molar-refractivity contribution >= 4 is 17.6 Å². The number of piperidine rings is 1. The maximum atomic E-state index is 14.0. The molecule has 0 saturated carbocycles. The Kier molecular flexibility index (Phi) is 7.18. The molecule has 0 unspecified atom stereocenters. The number of carbonyl (C=O) groups excluding carboxylic acids is 2. The van der Waals surface area contributed by atoms with Crippen LogP contribution in [0.15, 0.2) is 53.6 Å². The molecule has 1 amide bonds. The Labute approximate surface area is 194 Å². The van der Waals surface area contributed by atoms with Crippen molar-refractivity contribution < 1.29 is 18.7 Å². The first-order valence-corrected chi connectivity index (χ1v) is 11.6. The number of nitrogens with zero attached hydrogens (tertiary/aromatic N) is 3. The van der Waals surface area contributed by atoms with Gasteiger partial charge in [0.2, 0.25) is 0 Å². The zero-order valence-electron chi connectivity index (χ0n) is 19.2. The van der Waals surface area contributed by atoms with E-state index < -0.39 is 12.1 Å². The van der Waals surface area contributed by atoms with E-state index in [0.29, 0.717) is 31.6 Å². The SMILES string of the molecule is CCOC(=O)[C@@H]1CCCCN1CC(=O)N1N=C(c2ccc(C)cc2)C[C@H]1c1cccc(F)c1. The third-order valence-electron chi connectivity index (χ3n) is 6.29. The van der Waals surface area contributed by atoms with Gasteiger partial charge in [0.15, 0.2) is 0 Å². The van der Waals surface area contributed by atoms with Crippen LogP contribution in [0.3, 0.4) is 0 Å². The van der Waals surface area contributed by atoms with Gasteiger partial charge in [0.1, 0.15) is 11.9 Å². The molecule has 0 bridgehead atoms. The molecule has 0 aliphatic carbocycles. The molecule has 33 heavy (non-hydrogen) atoms. The average Bonchev–Trinajstić information content (AvgIpc) is 3.26. The summed E-state index contributed by atoms with van der Waals surface area (Å²) in [4.78, 5) is 27.8. The summed E-state index contributed by atoms with van der Waals surface area (Å²) in [5.41, 5.74) is 3.58. The molecule has 0 aromatic heterocycles. The molecular weight excluding hydrogens is 421 g/mol. The number of esters is 1. The molecule has 0 radical (unpaired) electrons. The molecule has 2 atom stereocenters. The predicted molar refractivity (Wildman–Crippen MR) is 124 cm³/mol. The first kappa shape index (κ1) is 23.1. The topological polar surface area (TPSA) is 62.2 Å². The molecule has 174 valence electrons. The third-order valence-corrected chi connectivity index (χ3v) is 6.29. The molecule has 6 nitrogen and oxygen atoms in total. The second kappa shape index (κ2) is 10.3. The number of ether oxygens (including phenoxy) is 1. The van der Waals surface area contributed by atoms with E-state index in [-0.39, 0.29) is 24.2 Å². The van der Waals surface area contributed by atoms with Crippen LogP contribution in [-0.2, 0) is 14.3 Å². The maximum Gasteiger partial charge on any atom is 0.323 e. The lowest BCUT2D eigenvalue weighted by atomic mass is 9.97. The fraction of sp³-hybridized carbons (Fsp3) is 0.423. The van der Waals surface area contributed by atoms with Crippen LogP contribution in [0.1, 0.15) is 55.3 Å². The van der Waals surface area contributed by atoms with Gasteiger partial charge in [-0.2, -0.15) is 5.10 Å². The van der Waals surface area contributed by atoms with Gasteiger partial charge in [0, 0.05) is 6.42 Å². The fourth-order valence-electron chi connectivity index (χ4n) is 4.57. The molecule has 2 aromatic carbocycles. The second-order valence-corrected chi connectivity index (χ2v) is 8.66. The van der Waals surface area contributed by atoms with Crippen molar-refractivity contribution in [1.29, 1.82) is 0 Å². The molecular formula is C26H30FN3O3. The molecule has 0 N–H and O–H groups in total. The zero-order chi connectivity index (χ0) is 23.4. The van der Waals surface area contributed by atoms with E-state index in [1.165, 1.54) is 17.1 Å². The van der Waals surface area contributed by atoms with E-state index >= 15 is 0 Å². The van der Waals surface area contributed by atoms with Crippen molar-refractivity contribution in [2.45, 2.75) is 51.6 Å². The number of carbonyl (C=O) groups is 2. The van der Waals surface area contributed by atoms with E-state index in [1.54, 1.807) is 13.0 Å². The monoisotopic (exact) mass is 451 g/mol. The van der Waals surface area contributed by atoms with Crippen LogP contribution in [0.5, 0.6) is 0 Å². The molecule has 2 heterocycles. The highest BCUT2D eigenvalue weighted by molar-refractivity contribution is 6.03. The van der Waals surface area contributed by atoms with Gasteiger partial charge in [-0.05, 0) is 56.5 Å². The Bertz CT molecular complexity index is 1040. The van der Waals surface area contributed by atoms with Gasteiger partial charge < -0.3 is 4.74 Å². The van der Waals surface area contributed by atoms with Gasteiger partial charge in [-0.1, -0.05) is 48.4 Å². The number of amides is 1. The minimum absolute atomic E-state index is 0.0694. The summed E-state index contributed by atoms with van der Waals surface area (Å²) in [5.74, 6) is -0.832.